The molecule has 2 aromatic carbocycles. The number of anilines is 2. The number of thioether (sulfide) groups is 1. The van der Waals surface area contributed by atoms with Gasteiger partial charge < -0.3 is 10.6 Å². The zero-order chi connectivity index (χ0) is 22.8. The number of hydrogen-bond donors (Lipinski definition) is 4. The van der Waals surface area contributed by atoms with Crippen molar-refractivity contribution in [1.29, 1.82) is 0 Å². The predicted octanol–water partition coefficient (Wildman–Crippen LogP) is 5.39. The fraction of sp³-hybridized carbons (Fsp3) is 0.211. The standard InChI is InChI=1S/C19H19Cl2N5O3S2/c1-19(2)15(26(29)17(28)23-14-9-5-12(21)6-10-14)25(18(30)31-19)24-16(27)22-13-7-3-11(20)4-8-13/h3-10,15,29H,1-2H3,(H,23,28)(H2,22,24,27). The number of nitrogens with one attached hydrogen (secondary N) is 3. The zero-order valence-corrected chi connectivity index (χ0v) is 19.6. The summed E-state index contributed by atoms with van der Waals surface area (Å²) in [4.78, 5) is 25.1. The second-order valence-electron chi connectivity index (χ2n) is 7.07. The van der Waals surface area contributed by atoms with Crippen molar-refractivity contribution in [1.82, 2.24) is 15.5 Å². The maximum absolute atomic E-state index is 12.6. The van der Waals surface area contributed by atoms with Crippen molar-refractivity contribution in [3.8, 4) is 0 Å². The molecule has 4 N–H and O–H groups in total. The fourth-order valence-electron chi connectivity index (χ4n) is 2.88. The number of rotatable bonds is 4. The second kappa shape index (κ2) is 9.49. The summed E-state index contributed by atoms with van der Waals surface area (Å²) in [5.41, 5.74) is 3.55. The van der Waals surface area contributed by atoms with E-state index >= 15 is 0 Å². The topological polar surface area (TPSA) is 96.9 Å². The highest BCUT2D eigenvalue weighted by Gasteiger charge is 2.50. The van der Waals surface area contributed by atoms with E-state index in [9.17, 15) is 14.8 Å². The lowest BCUT2D eigenvalue weighted by molar-refractivity contribution is -0.120. The molecule has 31 heavy (non-hydrogen) atoms. The summed E-state index contributed by atoms with van der Waals surface area (Å²) < 4.78 is -0.434. The first kappa shape index (κ1) is 23.4. The highest BCUT2D eigenvalue weighted by Crippen LogP contribution is 2.41. The lowest BCUT2D eigenvalue weighted by atomic mass is 10.1. The van der Waals surface area contributed by atoms with Crippen molar-refractivity contribution in [2.24, 2.45) is 0 Å². The Morgan fingerprint density at radius 3 is 2.03 bits per heavy atom. The first-order valence-corrected chi connectivity index (χ1v) is 10.9. The van der Waals surface area contributed by atoms with E-state index in [1.165, 1.54) is 16.8 Å². The smallest absolute Gasteiger partial charge is 0.307 e. The number of carbonyl (C=O) groups excluding carboxylic acids is 2. The minimum absolute atomic E-state index is 0.291. The van der Waals surface area contributed by atoms with E-state index in [0.717, 1.165) is 0 Å². The van der Waals surface area contributed by atoms with Crippen LogP contribution in [0.2, 0.25) is 10.0 Å². The molecule has 164 valence electrons. The highest BCUT2D eigenvalue weighted by atomic mass is 35.5. The van der Waals surface area contributed by atoms with Crippen LogP contribution < -0.4 is 16.1 Å². The fourth-order valence-corrected chi connectivity index (χ4v) is 4.92. The van der Waals surface area contributed by atoms with Crippen molar-refractivity contribution in [3.05, 3.63) is 58.6 Å². The summed E-state index contributed by atoms with van der Waals surface area (Å²) >= 11 is 18.3. The Morgan fingerprint density at radius 2 is 1.52 bits per heavy atom. The van der Waals surface area contributed by atoms with Crippen LogP contribution in [0.1, 0.15) is 13.8 Å². The van der Waals surface area contributed by atoms with Gasteiger partial charge in [-0.15, -0.1) is 0 Å². The van der Waals surface area contributed by atoms with Crippen LogP contribution in [0.15, 0.2) is 48.5 Å². The number of carbonyl (C=O) groups is 2. The maximum atomic E-state index is 12.6. The number of amides is 4. The van der Waals surface area contributed by atoms with Crippen LogP contribution in [-0.2, 0) is 0 Å². The minimum atomic E-state index is -0.978. The maximum Gasteiger partial charge on any atom is 0.347 e. The summed E-state index contributed by atoms with van der Waals surface area (Å²) in [6.07, 6.45) is -0.978. The Labute approximate surface area is 198 Å². The molecule has 12 heteroatoms. The Hall–Kier alpha value is -2.24. The van der Waals surface area contributed by atoms with Crippen molar-refractivity contribution in [3.63, 3.8) is 0 Å². The molecule has 1 aliphatic rings. The summed E-state index contributed by atoms with van der Waals surface area (Å²) in [5, 5.41) is 18.7. The summed E-state index contributed by atoms with van der Waals surface area (Å²) in [6.45, 7) is 3.60. The molecule has 0 radical (unpaired) electrons. The summed E-state index contributed by atoms with van der Waals surface area (Å²) in [6, 6.07) is 11.6. The summed E-state index contributed by atoms with van der Waals surface area (Å²) in [5.74, 6) is 0. The molecular weight excluding hydrogens is 481 g/mol. The molecule has 0 bridgehead atoms. The van der Waals surface area contributed by atoms with Crippen LogP contribution in [0, 0.1) is 0 Å². The van der Waals surface area contributed by atoms with Gasteiger partial charge in [0, 0.05) is 21.4 Å². The Morgan fingerprint density at radius 1 is 1.03 bits per heavy atom. The van der Waals surface area contributed by atoms with Crippen molar-refractivity contribution < 1.29 is 14.8 Å². The monoisotopic (exact) mass is 499 g/mol. The minimum Gasteiger partial charge on any atom is -0.307 e. The number of hydroxylamine groups is 2. The van der Waals surface area contributed by atoms with E-state index in [-0.39, 0.29) is 0 Å². The number of nitrogens with zero attached hydrogens (tertiary/aromatic N) is 2. The SMILES string of the molecule is CC1(C)SC(=S)N(NC(=O)Nc2ccc(Cl)cc2)C1N(O)C(=O)Nc1ccc(Cl)cc1. The normalized spacial score (nSPS) is 17.3. The molecule has 8 nitrogen and oxygen atoms in total. The van der Waals surface area contributed by atoms with Gasteiger partial charge in [0.25, 0.3) is 0 Å². The van der Waals surface area contributed by atoms with E-state index in [2.05, 4.69) is 16.1 Å². The van der Waals surface area contributed by atoms with Crippen molar-refractivity contribution in [2.45, 2.75) is 24.8 Å². The predicted molar refractivity (Wildman–Crippen MR) is 128 cm³/mol. The van der Waals surface area contributed by atoms with Gasteiger partial charge in [-0.25, -0.2) is 20.0 Å². The largest absolute Gasteiger partial charge is 0.347 e. The number of halogens is 2. The molecule has 0 saturated carbocycles. The lowest BCUT2D eigenvalue weighted by Crippen LogP contribution is -2.60. The zero-order valence-electron chi connectivity index (χ0n) is 16.4. The van der Waals surface area contributed by atoms with Gasteiger partial charge in [0.15, 0.2) is 10.5 Å². The van der Waals surface area contributed by atoms with Crippen LogP contribution in [0.5, 0.6) is 0 Å². The Bertz CT molecular complexity index is 989. The molecule has 1 unspecified atom stereocenters. The first-order chi connectivity index (χ1) is 14.6. The molecule has 0 aromatic heterocycles. The van der Waals surface area contributed by atoms with Gasteiger partial charge in [-0.2, -0.15) is 5.06 Å². The average molecular weight is 500 g/mol. The third kappa shape index (κ3) is 5.72. The Balaban J connectivity index is 1.73. The van der Waals surface area contributed by atoms with Gasteiger partial charge >= 0.3 is 12.1 Å². The van der Waals surface area contributed by atoms with Crippen molar-refractivity contribution in [2.75, 3.05) is 10.6 Å². The van der Waals surface area contributed by atoms with Gasteiger partial charge in [0.05, 0.1) is 4.75 Å². The van der Waals surface area contributed by atoms with E-state index < -0.39 is 23.0 Å². The van der Waals surface area contributed by atoms with Crippen LogP contribution in [-0.4, -0.2) is 42.6 Å². The third-order valence-electron chi connectivity index (χ3n) is 4.27. The van der Waals surface area contributed by atoms with Crippen LogP contribution in [0.25, 0.3) is 0 Å². The number of benzene rings is 2. The van der Waals surface area contributed by atoms with Crippen LogP contribution >= 0.6 is 47.2 Å². The molecule has 0 spiro atoms. The number of hydrazine groups is 1. The van der Waals surface area contributed by atoms with Gasteiger partial charge in [-0.05, 0) is 62.4 Å². The Kier molecular flexibility index (Phi) is 7.17. The number of thiocarbonyl (C=S) groups is 1. The van der Waals surface area contributed by atoms with E-state index in [1.54, 1.807) is 62.4 Å². The number of urea groups is 2. The van der Waals surface area contributed by atoms with Crippen molar-refractivity contribution >= 4 is 74.9 Å². The molecule has 3 rings (SSSR count). The van der Waals surface area contributed by atoms with Gasteiger partial charge in [-0.1, -0.05) is 47.2 Å². The van der Waals surface area contributed by atoms with Gasteiger partial charge in [-0.3, -0.25) is 5.21 Å². The molecular formula is C19H19Cl2N5O3S2. The average Bonchev–Trinajstić information content (AvgIpc) is 2.92. The molecule has 0 aliphatic carbocycles. The van der Waals surface area contributed by atoms with Crippen LogP contribution in [0.3, 0.4) is 0 Å². The molecule has 1 atom stereocenters. The highest BCUT2D eigenvalue weighted by molar-refractivity contribution is 8.24. The molecule has 1 heterocycles. The summed E-state index contributed by atoms with van der Waals surface area (Å²) in [7, 11) is 0. The first-order valence-electron chi connectivity index (χ1n) is 8.97. The molecule has 1 aliphatic heterocycles. The quantitative estimate of drug-likeness (QED) is 0.255. The molecule has 1 saturated heterocycles. The van der Waals surface area contributed by atoms with E-state index in [1.807, 2.05) is 0 Å². The lowest BCUT2D eigenvalue weighted by Gasteiger charge is -2.36. The van der Waals surface area contributed by atoms with Gasteiger partial charge in [0.1, 0.15) is 0 Å². The number of hydrogen-bond acceptors (Lipinski definition) is 5. The molecule has 2 aromatic rings. The van der Waals surface area contributed by atoms with E-state index in [0.29, 0.717) is 30.8 Å². The van der Waals surface area contributed by atoms with E-state index in [4.69, 9.17) is 35.4 Å². The third-order valence-corrected chi connectivity index (χ3v) is 6.33. The van der Waals surface area contributed by atoms with Crippen LogP contribution in [0.4, 0.5) is 21.0 Å². The molecule has 4 amide bonds. The second-order valence-corrected chi connectivity index (χ2v) is 10.2. The van der Waals surface area contributed by atoms with Gasteiger partial charge in [0.2, 0.25) is 0 Å². The molecule has 1 fully saturated rings.